The van der Waals surface area contributed by atoms with Crippen LogP contribution in [0, 0.1) is 11.6 Å². The molecule has 0 amide bonds. The molecule has 84 valence electrons. The quantitative estimate of drug-likeness (QED) is 0.617. The maximum Gasteiger partial charge on any atom is 0.139 e. The summed E-state index contributed by atoms with van der Waals surface area (Å²) in [5, 5.41) is 3.23. The second-order valence-electron chi connectivity index (χ2n) is 3.53. The Labute approximate surface area is 93.3 Å². The molecule has 0 heterocycles. The van der Waals surface area contributed by atoms with Crippen molar-refractivity contribution >= 4 is 11.8 Å². The highest BCUT2D eigenvalue weighted by molar-refractivity contribution is 7.99. The number of hydrogen-bond donors (Lipinski definition) is 1. The molecule has 0 unspecified atom stereocenters. The van der Waals surface area contributed by atoms with Crippen molar-refractivity contribution in [2.45, 2.75) is 24.8 Å². The molecule has 0 radical (unpaired) electrons. The number of nitrogens with one attached hydrogen (secondary N) is 1. The molecule has 1 aromatic carbocycles. The topological polar surface area (TPSA) is 12.0 Å². The van der Waals surface area contributed by atoms with Gasteiger partial charge in [-0.2, -0.15) is 0 Å². The molecule has 1 aromatic rings. The van der Waals surface area contributed by atoms with E-state index in [-0.39, 0.29) is 0 Å². The van der Waals surface area contributed by atoms with Crippen LogP contribution in [0.25, 0.3) is 0 Å². The molecule has 0 aliphatic heterocycles. The predicted octanol–water partition coefficient (Wildman–Crippen LogP) is 3.05. The van der Waals surface area contributed by atoms with E-state index in [0.717, 1.165) is 18.4 Å². The summed E-state index contributed by atoms with van der Waals surface area (Å²) < 4.78 is 25.7. The largest absolute Gasteiger partial charge is 0.314 e. The van der Waals surface area contributed by atoms with Crippen LogP contribution in [-0.4, -0.2) is 18.3 Å². The van der Waals surface area contributed by atoms with Gasteiger partial charge in [-0.3, -0.25) is 0 Å². The first-order valence-corrected chi connectivity index (χ1v) is 5.89. The van der Waals surface area contributed by atoms with E-state index in [9.17, 15) is 8.78 Å². The van der Waals surface area contributed by atoms with E-state index in [2.05, 4.69) is 19.2 Å². The summed E-state index contributed by atoms with van der Waals surface area (Å²) in [6, 6.07) is 4.10. The molecule has 1 N–H and O–H groups in total. The molecular weight excluding hydrogens is 216 g/mol. The van der Waals surface area contributed by atoms with E-state index in [1.165, 1.54) is 23.9 Å². The van der Waals surface area contributed by atoms with Gasteiger partial charge in [-0.15, -0.1) is 11.8 Å². The van der Waals surface area contributed by atoms with Crippen LogP contribution < -0.4 is 5.32 Å². The van der Waals surface area contributed by atoms with E-state index >= 15 is 0 Å². The molecular formula is C11H15F2NS. The molecule has 4 heteroatoms. The first-order chi connectivity index (χ1) is 7.09. The Balaban J connectivity index is 2.37. The molecule has 0 aliphatic rings. The van der Waals surface area contributed by atoms with Crippen LogP contribution in [0.3, 0.4) is 0 Å². The standard InChI is InChI=1S/C11H15F2NS/c1-8(2)14-5-6-15-11-4-3-9(12)7-10(11)13/h3-4,7-8,14H,5-6H2,1-2H3. The van der Waals surface area contributed by atoms with Gasteiger partial charge in [0.05, 0.1) is 0 Å². The maximum atomic E-state index is 13.2. The zero-order valence-electron chi connectivity index (χ0n) is 8.89. The molecule has 0 spiro atoms. The first-order valence-electron chi connectivity index (χ1n) is 4.91. The summed E-state index contributed by atoms with van der Waals surface area (Å²) in [5.74, 6) is -0.234. The van der Waals surface area contributed by atoms with Gasteiger partial charge in [0, 0.05) is 29.3 Å². The SMILES string of the molecule is CC(C)NCCSc1ccc(F)cc1F. The first kappa shape index (κ1) is 12.5. The van der Waals surface area contributed by atoms with E-state index in [1.807, 2.05) is 0 Å². The third kappa shape index (κ3) is 4.62. The lowest BCUT2D eigenvalue weighted by molar-refractivity contribution is 0.565. The minimum Gasteiger partial charge on any atom is -0.314 e. The molecule has 15 heavy (non-hydrogen) atoms. The Morgan fingerprint density at radius 1 is 1.33 bits per heavy atom. The van der Waals surface area contributed by atoms with Crippen molar-refractivity contribution in [3.05, 3.63) is 29.8 Å². The number of rotatable bonds is 5. The van der Waals surface area contributed by atoms with Crippen molar-refractivity contribution < 1.29 is 8.78 Å². The Morgan fingerprint density at radius 2 is 2.07 bits per heavy atom. The fourth-order valence-electron chi connectivity index (χ4n) is 1.10. The lowest BCUT2D eigenvalue weighted by Gasteiger charge is -2.07. The number of hydrogen-bond acceptors (Lipinski definition) is 2. The summed E-state index contributed by atoms with van der Waals surface area (Å²) >= 11 is 1.39. The lowest BCUT2D eigenvalue weighted by Crippen LogP contribution is -2.24. The van der Waals surface area contributed by atoms with E-state index in [4.69, 9.17) is 0 Å². The van der Waals surface area contributed by atoms with Gasteiger partial charge in [-0.05, 0) is 12.1 Å². The van der Waals surface area contributed by atoms with Gasteiger partial charge in [-0.25, -0.2) is 8.78 Å². The second-order valence-corrected chi connectivity index (χ2v) is 4.67. The second kappa shape index (κ2) is 6.08. The fraction of sp³-hybridized carbons (Fsp3) is 0.455. The van der Waals surface area contributed by atoms with E-state index in [0.29, 0.717) is 10.9 Å². The summed E-state index contributed by atoms with van der Waals surface area (Å²) in [5.41, 5.74) is 0. The molecule has 0 saturated carbocycles. The van der Waals surface area contributed by atoms with Gasteiger partial charge < -0.3 is 5.32 Å². The maximum absolute atomic E-state index is 13.2. The summed E-state index contributed by atoms with van der Waals surface area (Å²) in [7, 11) is 0. The van der Waals surface area contributed by atoms with Gasteiger partial charge in [-0.1, -0.05) is 13.8 Å². The van der Waals surface area contributed by atoms with Crippen molar-refractivity contribution in [3.63, 3.8) is 0 Å². The average molecular weight is 231 g/mol. The third-order valence-corrected chi connectivity index (χ3v) is 2.86. The Kier molecular flexibility index (Phi) is 5.05. The zero-order chi connectivity index (χ0) is 11.3. The molecule has 1 nitrogen and oxygen atoms in total. The van der Waals surface area contributed by atoms with Gasteiger partial charge >= 0.3 is 0 Å². The van der Waals surface area contributed by atoms with Crippen LogP contribution in [0.2, 0.25) is 0 Å². The smallest absolute Gasteiger partial charge is 0.139 e. The third-order valence-electron chi connectivity index (χ3n) is 1.81. The van der Waals surface area contributed by atoms with E-state index in [1.54, 1.807) is 0 Å². The van der Waals surface area contributed by atoms with Crippen LogP contribution in [0.15, 0.2) is 23.1 Å². The number of benzene rings is 1. The van der Waals surface area contributed by atoms with Gasteiger partial charge in [0.15, 0.2) is 0 Å². The highest BCUT2D eigenvalue weighted by atomic mass is 32.2. The normalized spacial score (nSPS) is 11.0. The monoisotopic (exact) mass is 231 g/mol. The van der Waals surface area contributed by atoms with Crippen molar-refractivity contribution in [1.29, 1.82) is 0 Å². The Morgan fingerprint density at radius 3 is 2.67 bits per heavy atom. The van der Waals surface area contributed by atoms with Crippen molar-refractivity contribution in [2.24, 2.45) is 0 Å². The molecule has 0 atom stereocenters. The highest BCUT2D eigenvalue weighted by Gasteiger charge is 2.03. The van der Waals surface area contributed by atoms with Gasteiger partial charge in [0.2, 0.25) is 0 Å². The summed E-state index contributed by atoms with van der Waals surface area (Å²) in [6.45, 7) is 4.94. The van der Waals surface area contributed by atoms with Crippen LogP contribution >= 0.6 is 11.8 Å². The van der Waals surface area contributed by atoms with Crippen LogP contribution in [0.1, 0.15) is 13.8 Å². The fourth-order valence-corrected chi connectivity index (χ4v) is 1.90. The Hall–Kier alpha value is -0.610. The summed E-state index contributed by atoms with van der Waals surface area (Å²) in [6.07, 6.45) is 0. The molecule has 0 fully saturated rings. The molecule has 0 aromatic heterocycles. The van der Waals surface area contributed by atoms with Crippen LogP contribution in [-0.2, 0) is 0 Å². The molecule has 1 rings (SSSR count). The number of thioether (sulfide) groups is 1. The lowest BCUT2D eigenvalue weighted by atomic mass is 10.3. The minimum atomic E-state index is -0.530. The number of halogens is 2. The average Bonchev–Trinajstić information content (AvgIpc) is 2.14. The molecule has 0 aliphatic carbocycles. The minimum absolute atomic E-state index is 0.434. The molecule has 0 saturated heterocycles. The van der Waals surface area contributed by atoms with Gasteiger partial charge in [0.1, 0.15) is 11.6 Å². The van der Waals surface area contributed by atoms with Crippen molar-refractivity contribution in [1.82, 2.24) is 5.32 Å². The van der Waals surface area contributed by atoms with Gasteiger partial charge in [0.25, 0.3) is 0 Å². The molecule has 0 bridgehead atoms. The van der Waals surface area contributed by atoms with Crippen LogP contribution in [0.4, 0.5) is 8.78 Å². The van der Waals surface area contributed by atoms with Crippen molar-refractivity contribution in [2.75, 3.05) is 12.3 Å². The van der Waals surface area contributed by atoms with Crippen LogP contribution in [0.5, 0.6) is 0 Å². The van der Waals surface area contributed by atoms with E-state index < -0.39 is 11.6 Å². The van der Waals surface area contributed by atoms with Crippen molar-refractivity contribution in [3.8, 4) is 0 Å². The highest BCUT2D eigenvalue weighted by Crippen LogP contribution is 2.21. The summed E-state index contributed by atoms with van der Waals surface area (Å²) in [4.78, 5) is 0.502. The zero-order valence-corrected chi connectivity index (χ0v) is 9.70. The Bertz CT molecular complexity index is 315. The predicted molar refractivity (Wildman–Crippen MR) is 60.2 cm³/mol.